The first-order valence-electron chi connectivity index (χ1n) is 10.3. The third-order valence-corrected chi connectivity index (χ3v) is 5.78. The zero-order valence-corrected chi connectivity index (χ0v) is 19.0. The lowest BCUT2D eigenvalue weighted by Gasteiger charge is -2.09. The van der Waals surface area contributed by atoms with Crippen LogP contribution in [0, 0.1) is 6.92 Å². The number of amides is 3. The van der Waals surface area contributed by atoms with Crippen LogP contribution in [0.25, 0.3) is 0 Å². The number of thiophene rings is 1. The smallest absolute Gasteiger partial charge is 0.291 e. The van der Waals surface area contributed by atoms with Crippen LogP contribution in [-0.4, -0.2) is 24.3 Å². The van der Waals surface area contributed by atoms with E-state index in [0.29, 0.717) is 27.0 Å². The van der Waals surface area contributed by atoms with Gasteiger partial charge in [0, 0.05) is 17.4 Å². The van der Waals surface area contributed by atoms with Gasteiger partial charge < -0.3 is 25.1 Å². The standard InChI is InChI=1S/C25H21N3O5S/c1-16-13-22(28-24(30)20-11-6-12-32-20)34-23(16)25(31)27-18-9-5-10-19(14-18)33-15-21(29)26-17-7-3-2-4-8-17/h2-14H,15H2,1H3,(H,26,29)(H,27,31)(H,28,30). The van der Waals surface area contributed by atoms with Crippen LogP contribution in [0.3, 0.4) is 0 Å². The zero-order chi connectivity index (χ0) is 23.9. The van der Waals surface area contributed by atoms with E-state index in [-0.39, 0.29) is 30.1 Å². The predicted molar refractivity (Wildman–Crippen MR) is 131 cm³/mol. The second kappa shape index (κ2) is 10.5. The van der Waals surface area contributed by atoms with Gasteiger partial charge in [-0.1, -0.05) is 24.3 Å². The fourth-order valence-corrected chi connectivity index (χ4v) is 4.03. The molecular formula is C25H21N3O5S. The zero-order valence-electron chi connectivity index (χ0n) is 18.2. The Kier molecular flexibility index (Phi) is 7.04. The topological polar surface area (TPSA) is 110 Å². The van der Waals surface area contributed by atoms with E-state index in [1.165, 1.54) is 6.26 Å². The van der Waals surface area contributed by atoms with Crippen molar-refractivity contribution in [1.29, 1.82) is 0 Å². The van der Waals surface area contributed by atoms with E-state index in [9.17, 15) is 14.4 Å². The normalized spacial score (nSPS) is 10.4. The quantitative estimate of drug-likeness (QED) is 0.326. The largest absolute Gasteiger partial charge is 0.484 e. The second-order valence-electron chi connectivity index (χ2n) is 7.24. The van der Waals surface area contributed by atoms with Gasteiger partial charge in [0.15, 0.2) is 12.4 Å². The lowest BCUT2D eigenvalue weighted by atomic mass is 10.2. The Balaban J connectivity index is 1.34. The molecule has 0 unspecified atom stereocenters. The first-order chi connectivity index (χ1) is 16.5. The third-order valence-electron chi connectivity index (χ3n) is 4.63. The minimum absolute atomic E-state index is 0.172. The Morgan fingerprint density at radius 2 is 1.65 bits per heavy atom. The molecule has 0 radical (unpaired) electrons. The molecule has 0 aliphatic rings. The molecule has 0 saturated heterocycles. The van der Waals surface area contributed by atoms with Crippen LogP contribution in [0.1, 0.15) is 25.8 Å². The molecule has 8 nitrogen and oxygen atoms in total. The Bertz CT molecular complexity index is 1300. The highest BCUT2D eigenvalue weighted by molar-refractivity contribution is 7.18. The van der Waals surface area contributed by atoms with Crippen molar-refractivity contribution < 1.29 is 23.5 Å². The van der Waals surface area contributed by atoms with Crippen LogP contribution in [0.4, 0.5) is 16.4 Å². The van der Waals surface area contributed by atoms with Gasteiger partial charge in [-0.3, -0.25) is 14.4 Å². The number of hydrogen-bond donors (Lipinski definition) is 3. The number of aryl methyl sites for hydroxylation is 1. The number of para-hydroxylation sites is 1. The van der Waals surface area contributed by atoms with Gasteiger partial charge >= 0.3 is 0 Å². The molecule has 172 valence electrons. The number of carbonyl (C=O) groups is 3. The van der Waals surface area contributed by atoms with Crippen molar-refractivity contribution in [3.63, 3.8) is 0 Å². The SMILES string of the molecule is Cc1cc(NC(=O)c2ccco2)sc1C(=O)Nc1cccc(OCC(=O)Nc2ccccc2)c1. The second-order valence-corrected chi connectivity index (χ2v) is 8.29. The van der Waals surface area contributed by atoms with Crippen LogP contribution < -0.4 is 20.7 Å². The molecular weight excluding hydrogens is 454 g/mol. The maximum Gasteiger partial charge on any atom is 0.291 e. The molecule has 9 heteroatoms. The summed E-state index contributed by atoms with van der Waals surface area (Å²) < 4.78 is 10.6. The van der Waals surface area contributed by atoms with Gasteiger partial charge in [-0.15, -0.1) is 11.3 Å². The van der Waals surface area contributed by atoms with E-state index in [1.807, 2.05) is 18.2 Å². The van der Waals surface area contributed by atoms with Gasteiger partial charge in [0.25, 0.3) is 17.7 Å². The van der Waals surface area contributed by atoms with Gasteiger partial charge in [0.2, 0.25) is 0 Å². The maximum atomic E-state index is 12.8. The summed E-state index contributed by atoms with van der Waals surface area (Å²) in [5.41, 5.74) is 1.92. The number of nitrogens with one attached hydrogen (secondary N) is 3. The van der Waals surface area contributed by atoms with Crippen LogP contribution in [0.15, 0.2) is 83.5 Å². The maximum absolute atomic E-state index is 12.8. The molecule has 0 aliphatic heterocycles. The summed E-state index contributed by atoms with van der Waals surface area (Å²) >= 11 is 1.16. The van der Waals surface area contributed by atoms with E-state index >= 15 is 0 Å². The van der Waals surface area contributed by atoms with Crippen LogP contribution in [0.5, 0.6) is 5.75 Å². The van der Waals surface area contributed by atoms with Crippen LogP contribution >= 0.6 is 11.3 Å². The summed E-state index contributed by atoms with van der Waals surface area (Å²) in [5, 5.41) is 8.82. The van der Waals surface area contributed by atoms with Crippen molar-refractivity contribution >= 4 is 45.4 Å². The van der Waals surface area contributed by atoms with Gasteiger partial charge in [0.05, 0.1) is 16.1 Å². The van der Waals surface area contributed by atoms with Gasteiger partial charge in [-0.05, 0) is 55.0 Å². The molecule has 2 aromatic carbocycles. The molecule has 4 rings (SSSR count). The fourth-order valence-electron chi connectivity index (χ4n) is 3.07. The number of hydrogen-bond acceptors (Lipinski definition) is 6. The van der Waals surface area contributed by atoms with Crippen LogP contribution in [-0.2, 0) is 4.79 Å². The average Bonchev–Trinajstić information content (AvgIpc) is 3.49. The summed E-state index contributed by atoms with van der Waals surface area (Å²) in [4.78, 5) is 37.5. The predicted octanol–water partition coefficient (Wildman–Crippen LogP) is 5.17. The molecule has 3 amide bonds. The molecule has 2 heterocycles. The number of rotatable bonds is 8. The molecule has 3 N–H and O–H groups in total. The van der Waals surface area contributed by atoms with Crippen molar-refractivity contribution in [2.45, 2.75) is 6.92 Å². The van der Waals surface area contributed by atoms with E-state index < -0.39 is 0 Å². The first kappa shape index (κ1) is 22.8. The molecule has 2 aromatic heterocycles. The highest BCUT2D eigenvalue weighted by Crippen LogP contribution is 2.28. The number of anilines is 3. The van der Waals surface area contributed by atoms with Crippen molar-refractivity contribution in [1.82, 2.24) is 0 Å². The summed E-state index contributed by atoms with van der Waals surface area (Å²) in [5.74, 6) is -0.375. The summed E-state index contributed by atoms with van der Waals surface area (Å²) in [6.45, 7) is 1.62. The van der Waals surface area contributed by atoms with E-state index in [2.05, 4.69) is 16.0 Å². The molecule has 4 aromatic rings. The van der Waals surface area contributed by atoms with E-state index in [1.54, 1.807) is 61.5 Å². The Morgan fingerprint density at radius 3 is 2.41 bits per heavy atom. The minimum atomic E-state index is -0.389. The monoisotopic (exact) mass is 475 g/mol. The Labute approximate surface area is 199 Å². The van der Waals surface area contributed by atoms with Crippen molar-refractivity contribution in [2.75, 3.05) is 22.6 Å². The molecule has 0 bridgehead atoms. The Hall–Kier alpha value is -4.37. The number of carbonyl (C=O) groups excluding carboxylic acids is 3. The number of benzene rings is 2. The molecule has 0 fully saturated rings. The molecule has 0 atom stereocenters. The van der Waals surface area contributed by atoms with Crippen LogP contribution in [0.2, 0.25) is 0 Å². The van der Waals surface area contributed by atoms with Crippen molar-refractivity contribution in [3.8, 4) is 5.75 Å². The van der Waals surface area contributed by atoms with Gasteiger partial charge in [0.1, 0.15) is 5.75 Å². The fraction of sp³-hybridized carbons (Fsp3) is 0.0800. The number of furan rings is 1. The average molecular weight is 476 g/mol. The summed E-state index contributed by atoms with van der Waals surface area (Å²) in [6.07, 6.45) is 1.42. The van der Waals surface area contributed by atoms with Gasteiger partial charge in [-0.2, -0.15) is 0 Å². The van der Waals surface area contributed by atoms with Crippen molar-refractivity contribution in [3.05, 3.63) is 95.3 Å². The molecule has 0 saturated carbocycles. The molecule has 34 heavy (non-hydrogen) atoms. The minimum Gasteiger partial charge on any atom is -0.484 e. The highest BCUT2D eigenvalue weighted by Gasteiger charge is 2.17. The van der Waals surface area contributed by atoms with E-state index in [4.69, 9.17) is 9.15 Å². The third kappa shape index (κ3) is 5.90. The molecule has 0 spiro atoms. The summed E-state index contributed by atoms with van der Waals surface area (Å²) in [6, 6.07) is 20.8. The summed E-state index contributed by atoms with van der Waals surface area (Å²) in [7, 11) is 0. The van der Waals surface area contributed by atoms with Gasteiger partial charge in [-0.25, -0.2) is 0 Å². The molecule has 0 aliphatic carbocycles. The number of ether oxygens (including phenoxy) is 1. The first-order valence-corrected chi connectivity index (χ1v) is 11.1. The Morgan fingerprint density at radius 1 is 0.853 bits per heavy atom. The lowest BCUT2D eigenvalue weighted by Crippen LogP contribution is -2.20. The van der Waals surface area contributed by atoms with Crippen molar-refractivity contribution in [2.24, 2.45) is 0 Å². The highest BCUT2D eigenvalue weighted by atomic mass is 32.1. The van der Waals surface area contributed by atoms with E-state index in [0.717, 1.165) is 16.9 Å². The lowest BCUT2D eigenvalue weighted by molar-refractivity contribution is -0.118.